The Morgan fingerprint density at radius 1 is 1.21 bits per heavy atom. The van der Waals surface area contributed by atoms with E-state index in [1.54, 1.807) is 12.3 Å². The Morgan fingerprint density at radius 2 is 1.93 bits per heavy atom. The lowest BCUT2D eigenvalue weighted by atomic mass is 9.99. The van der Waals surface area contributed by atoms with E-state index >= 15 is 0 Å². The van der Waals surface area contributed by atoms with Gasteiger partial charge in [-0.2, -0.15) is 0 Å². The topological polar surface area (TPSA) is 48.5 Å². The quantitative estimate of drug-likeness (QED) is 0.749. The smallest absolute Gasteiger partial charge is 0.255 e. The molecular formula is C23H32N4O. The molecule has 0 bridgehead atoms. The first-order valence-electron chi connectivity index (χ1n) is 10.4. The molecule has 5 heteroatoms. The molecular weight excluding hydrogens is 348 g/mol. The zero-order chi connectivity index (χ0) is 19.9. The first kappa shape index (κ1) is 20.2. The maximum absolute atomic E-state index is 12.7. The third kappa shape index (κ3) is 5.24. The maximum atomic E-state index is 12.7. The standard InChI is InChI=1S/C23H32N4O/c1-4-5-14-26(3)22-17-19(10-13-24-22)23(28)25-20-6-8-21(9-7-20)27-15-11-18(2)12-16-27/h6-10,13,17-18H,4-5,11-12,14-16H2,1-3H3,(H,25,28). The van der Waals surface area contributed by atoms with Gasteiger partial charge >= 0.3 is 0 Å². The van der Waals surface area contributed by atoms with Crippen LogP contribution in [0.25, 0.3) is 0 Å². The zero-order valence-corrected chi connectivity index (χ0v) is 17.3. The van der Waals surface area contributed by atoms with E-state index in [4.69, 9.17) is 0 Å². The van der Waals surface area contributed by atoms with Crippen molar-refractivity contribution >= 4 is 23.1 Å². The highest BCUT2D eigenvalue weighted by Crippen LogP contribution is 2.24. The van der Waals surface area contributed by atoms with Crippen LogP contribution >= 0.6 is 0 Å². The minimum Gasteiger partial charge on any atom is -0.372 e. The van der Waals surface area contributed by atoms with Crippen LogP contribution in [0.15, 0.2) is 42.6 Å². The van der Waals surface area contributed by atoms with E-state index in [0.717, 1.165) is 49.9 Å². The summed E-state index contributed by atoms with van der Waals surface area (Å²) in [6, 6.07) is 11.8. The van der Waals surface area contributed by atoms with Gasteiger partial charge in [0, 0.05) is 49.8 Å². The molecule has 1 fully saturated rings. The highest BCUT2D eigenvalue weighted by atomic mass is 16.1. The summed E-state index contributed by atoms with van der Waals surface area (Å²) in [4.78, 5) is 21.6. The van der Waals surface area contributed by atoms with Gasteiger partial charge in [0.05, 0.1) is 0 Å². The van der Waals surface area contributed by atoms with Crippen LogP contribution in [0.1, 0.15) is 49.9 Å². The van der Waals surface area contributed by atoms with Crippen LogP contribution in [0.5, 0.6) is 0 Å². The normalized spacial score (nSPS) is 14.8. The number of piperidine rings is 1. The van der Waals surface area contributed by atoms with E-state index in [2.05, 4.69) is 46.1 Å². The first-order valence-corrected chi connectivity index (χ1v) is 10.4. The molecule has 1 aliphatic heterocycles. The molecule has 1 aromatic carbocycles. The van der Waals surface area contributed by atoms with E-state index in [0.29, 0.717) is 5.56 Å². The molecule has 1 amide bonds. The van der Waals surface area contributed by atoms with Crippen molar-refractivity contribution in [2.24, 2.45) is 5.92 Å². The number of aromatic nitrogens is 1. The summed E-state index contributed by atoms with van der Waals surface area (Å²) in [5, 5.41) is 3.00. The average molecular weight is 381 g/mol. The second kappa shape index (κ2) is 9.58. The Bertz CT molecular complexity index is 766. The summed E-state index contributed by atoms with van der Waals surface area (Å²) >= 11 is 0. The van der Waals surface area contributed by atoms with Crippen LogP contribution in [0, 0.1) is 5.92 Å². The fourth-order valence-corrected chi connectivity index (χ4v) is 3.50. The van der Waals surface area contributed by atoms with E-state index in [-0.39, 0.29) is 5.91 Å². The maximum Gasteiger partial charge on any atom is 0.255 e. The van der Waals surface area contributed by atoms with Crippen molar-refractivity contribution in [3.05, 3.63) is 48.2 Å². The predicted octanol–water partition coefficient (Wildman–Crippen LogP) is 4.81. The molecule has 2 aromatic rings. The third-order valence-corrected chi connectivity index (χ3v) is 5.52. The van der Waals surface area contributed by atoms with Crippen molar-refractivity contribution in [1.82, 2.24) is 4.98 Å². The van der Waals surface area contributed by atoms with Gasteiger partial charge in [-0.05, 0) is 61.6 Å². The van der Waals surface area contributed by atoms with Gasteiger partial charge in [-0.1, -0.05) is 20.3 Å². The molecule has 1 aliphatic rings. The molecule has 28 heavy (non-hydrogen) atoms. The summed E-state index contributed by atoms with van der Waals surface area (Å²) < 4.78 is 0. The van der Waals surface area contributed by atoms with Crippen LogP contribution in [0.2, 0.25) is 0 Å². The molecule has 0 atom stereocenters. The van der Waals surface area contributed by atoms with Crippen molar-refractivity contribution in [3.8, 4) is 0 Å². The van der Waals surface area contributed by atoms with Gasteiger partial charge in [0.2, 0.25) is 0 Å². The van der Waals surface area contributed by atoms with Gasteiger partial charge in [-0.15, -0.1) is 0 Å². The first-order chi connectivity index (χ1) is 13.6. The molecule has 0 saturated carbocycles. The molecule has 0 radical (unpaired) electrons. The minimum atomic E-state index is -0.105. The fraction of sp³-hybridized carbons (Fsp3) is 0.478. The molecule has 1 saturated heterocycles. The lowest BCUT2D eigenvalue weighted by Crippen LogP contribution is -2.32. The minimum absolute atomic E-state index is 0.105. The second-order valence-electron chi connectivity index (χ2n) is 7.85. The number of anilines is 3. The van der Waals surface area contributed by atoms with Crippen LogP contribution < -0.4 is 15.1 Å². The summed E-state index contributed by atoms with van der Waals surface area (Å²) in [7, 11) is 2.01. The second-order valence-corrected chi connectivity index (χ2v) is 7.85. The molecule has 0 spiro atoms. The van der Waals surface area contributed by atoms with Crippen LogP contribution in [-0.4, -0.2) is 37.6 Å². The summed E-state index contributed by atoms with van der Waals surface area (Å²) in [6.45, 7) is 7.64. The zero-order valence-electron chi connectivity index (χ0n) is 17.3. The average Bonchev–Trinajstić information content (AvgIpc) is 2.73. The molecule has 0 unspecified atom stereocenters. The number of carbonyl (C=O) groups is 1. The van der Waals surface area contributed by atoms with Crippen molar-refractivity contribution < 1.29 is 4.79 Å². The number of nitrogens with one attached hydrogen (secondary N) is 1. The van der Waals surface area contributed by atoms with Gasteiger partial charge < -0.3 is 15.1 Å². The van der Waals surface area contributed by atoms with Crippen molar-refractivity contribution in [2.75, 3.05) is 41.8 Å². The van der Waals surface area contributed by atoms with Crippen molar-refractivity contribution in [3.63, 3.8) is 0 Å². The van der Waals surface area contributed by atoms with E-state index < -0.39 is 0 Å². The Kier molecular flexibility index (Phi) is 6.90. The van der Waals surface area contributed by atoms with Crippen LogP contribution in [0.4, 0.5) is 17.2 Å². The molecule has 0 aliphatic carbocycles. The Labute approximate surface area is 168 Å². The van der Waals surface area contributed by atoms with Crippen molar-refractivity contribution in [2.45, 2.75) is 39.5 Å². The summed E-state index contributed by atoms with van der Waals surface area (Å²) in [6.07, 6.45) is 6.44. The van der Waals surface area contributed by atoms with E-state index in [1.807, 2.05) is 25.2 Å². The lowest BCUT2D eigenvalue weighted by molar-refractivity contribution is 0.102. The summed E-state index contributed by atoms with van der Waals surface area (Å²) in [5.74, 6) is 1.55. The van der Waals surface area contributed by atoms with Gasteiger partial charge in [0.15, 0.2) is 0 Å². The largest absolute Gasteiger partial charge is 0.372 e. The number of pyridine rings is 1. The van der Waals surface area contributed by atoms with E-state index in [1.165, 1.54) is 18.5 Å². The number of hydrogen-bond acceptors (Lipinski definition) is 4. The highest BCUT2D eigenvalue weighted by Gasteiger charge is 2.16. The van der Waals surface area contributed by atoms with Crippen LogP contribution in [0.3, 0.4) is 0 Å². The summed E-state index contributed by atoms with van der Waals surface area (Å²) in [5.41, 5.74) is 2.67. The number of benzene rings is 1. The predicted molar refractivity (Wildman–Crippen MR) is 117 cm³/mol. The lowest BCUT2D eigenvalue weighted by Gasteiger charge is -2.32. The monoisotopic (exact) mass is 380 g/mol. The Balaban J connectivity index is 1.61. The van der Waals surface area contributed by atoms with Gasteiger partial charge in [-0.3, -0.25) is 4.79 Å². The van der Waals surface area contributed by atoms with Crippen LogP contribution in [-0.2, 0) is 0 Å². The molecule has 1 aromatic heterocycles. The Morgan fingerprint density at radius 3 is 2.61 bits per heavy atom. The molecule has 2 heterocycles. The Hall–Kier alpha value is -2.56. The molecule has 3 rings (SSSR count). The number of amides is 1. The highest BCUT2D eigenvalue weighted by molar-refractivity contribution is 6.04. The third-order valence-electron chi connectivity index (χ3n) is 5.52. The number of nitrogens with zero attached hydrogens (tertiary/aromatic N) is 3. The van der Waals surface area contributed by atoms with Gasteiger partial charge in [0.1, 0.15) is 5.82 Å². The molecule has 5 nitrogen and oxygen atoms in total. The molecule has 150 valence electrons. The van der Waals surface area contributed by atoms with E-state index in [9.17, 15) is 4.79 Å². The van der Waals surface area contributed by atoms with Gasteiger partial charge in [-0.25, -0.2) is 4.98 Å². The van der Waals surface area contributed by atoms with Crippen molar-refractivity contribution in [1.29, 1.82) is 0 Å². The number of hydrogen-bond donors (Lipinski definition) is 1. The van der Waals surface area contributed by atoms with Gasteiger partial charge in [0.25, 0.3) is 5.91 Å². The number of carbonyl (C=O) groups excluding carboxylic acids is 1. The number of unbranched alkanes of at least 4 members (excludes halogenated alkanes) is 1. The fourth-order valence-electron chi connectivity index (χ4n) is 3.50. The SMILES string of the molecule is CCCCN(C)c1cc(C(=O)Nc2ccc(N3CCC(C)CC3)cc2)ccn1. The molecule has 1 N–H and O–H groups in total. The number of rotatable bonds is 7.